The molecule has 0 aliphatic carbocycles. The summed E-state index contributed by atoms with van der Waals surface area (Å²) >= 11 is 0. The summed E-state index contributed by atoms with van der Waals surface area (Å²) in [6.45, 7) is 6.04. The van der Waals surface area contributed by atoms with Crippen molar-refractivity contribution >= 4 is 11.7 Å². The van der Waals surface area contributed by atoms with Crippen molar-refractivity contribution in [2.75, 3.05) is 11.9 Å². The van der Waals surface area contributed by atoms with E-state index >= 15 is 0 Å². The fraction of sp³-hybridized carbons (Fsp3) is 0.429. The predicted octanol–water partition coefficient (Wildman–Crippen LogP) is 1.44. The fourth-order valence-electron chi connectivity index (χ4n) is 1.86. The Bertz CT molecular complexity index is 595. The Morgan fingerprint density at radius 3 is 3.00 bits per heavy atom. The molecule has 2 rings (SSSR count). The standard InChI is InChI=1S/C14H20N6O/c1-3-6-15-12-8-11(5-7-16-12)14(21)17-9-13-19-18-10-20(13)4-2/h5,7-8,10H,3-4,6,9H2,1-2H3,(H,15,16)(H,17,21). The first-order valence-corrected chi connectivity index (χ1v) is 7.09. The molecule has 0 unspecified atom stereocenters. The SMILES string of the molecule is CCCNc1cc(C(=O)NCc2nncn2CC)ccn1. The molecule has 0 atom stereocenters. The summed E-state index contributed by atoms with van der Waals surface area (Å²) in [5.41, 5.74) is 0.575. The van der Waals surface area contributed by atoms with Gasteiger partial charge < -0.3 is 15.2 Å². The van der Waals surface area contributed by atoms with Gasteiger partial charge in [-0.25, -0.2) is 4.98 Å². The summed E-state index contributed by atoms with van der Waals surface area (Å²) in [7, 11) is 0. The van der Waals surface area contributed by atoms with Gasteiger partial charge in [-0.15, -0.1) is 10.2 Å². The monoisotopic (exact) mass is 288 g/mol. The highest BCUT2D eigenvalue weighted by Crippen LogP contribution is 2.07. The number of anilines is 1. The Morgan fingerprint density at radius 1 is 1.38 bits per heavy atom. The molecule has 112 valence electrons. The van der Waals surface area contributed by atoms with Crippen molar-refractivity contribution in [3.05, 3.63) is 36.0 Å². The molecule has 0 radical (unpaired) electrons. The third-order valence-corrected chi connectivity index (χ3v) is 3.02. The van der Waals surface area contributed by atoms with E-state index < -0.39 is 0 Å². The van der Waals surface area contributed by atoms with Crippen molar-refractivity contribution < 1.29 is 4.79 Å². The van der Waals surface area contributed by atoms with Crippen molar-refractivity contribution in [3.63, 3.8) is 0 Å². The van der Waals surface area contributed by atoms with Gasteiger partial charge in [0.1, 0.15) is 12.1 Å². The van der Waals surface area contributed by atoms with Crippen LogP contribution in [0.1, 0.15) is 36.5 Å². The smallest absolute Gasteiger partial charge is 0.251 e. The van der Waals surface area contributed by atoms with E-state index in [2.05, 4.69) is 32.7 Å². The molecule has 0 aromatic carbocycles. The first-order valence-electron chi connectivity index (χ1n) is 7.09. The molecule has 0 bridgehead atoms. The lowest BCUT2D eigenvalue weighted by molar-refractivity contribution is 0.0949. The topological polar surface area (TPSA) is 84.7 Å². The highest BCUT2D eigenvalue weighted by molar-refractivity contribution is 5.94. The maximum Gasteiger partial charge on any atom is 0.251 e. The van der Waals surface area contributed by atoms with Crippen molar-refractivity contribution in [2.45, 2.75) is 33.4 Å². The number of nitrogens with zero attached hydrogens (tertiary/aromatic N) is 4. The van der Waals surface area contributed by atoms with Gasteiger partial charge in [-0.1, -0.05) is 6.92 Å². The minimum Gasteiger partial charge on any atom is -0.370 e. The van der Waals surface area contributed by atoms with E-state index in [4.69, 9.17) is 0 Å². The largest absolute Gasteiger partial charge is 0.370 e. The van der Waals surface area contributed by atoms with Gasteiger partial charge in [0.05, 0.1) is 6.54 Å². The molecular weight excluding hydrogens is 268 g/mol. The number of aromatic nitrogens is 4. The van der Waals surface area contributed by atoms with Gasteiger partial charge in [-0.3, -0.25) is 4.79 Å². The Hall–Kier alpha value is -2.44. The second-order valence-electron chi connectivity index (χ2n) is 4.57. The van der Waals surface area contributed by atoms with Crippen molar-refractivity contribution in [2.24, 2.45) is 0 Å². The quantitative estimate of drug-likeness (QED) is 0.805. The second kappa shape index (κ2) is 7.37. The summed E-state index contributed by atoms with van der Waals surface area (Å²) in [6, 6.07) is 3.44. The lowest BCUT2D eigenvalue weighted by atomic mass is 10.2. The molecule has 1 amide bonds. The van der Waals surface area contributed by atoms with E-state index in [1.54, 1.807) is 24.7 Å². The highest BCUT2D eigenvalue weighted by atomic mass is 16.1. The number of pyridine rings is 1. The van der Waals surface area contributed by atoms with Gasteiger partial charge in [0.15, 0.2) is 5.82 Å². The summed E-state index contributed by atoms with van der Waals surface area (Å²) in [6.07, 6.45) is 4.28. The Kier molecular flexibility index (Phi) is 5.25. The molecule has 0 aliphatic heterocycles. The normalized spacial score (nSPS) is 10.4. The van der Waals surface area contributed by atoms with Crippen LogP contribution in [0.3, 0.4) is 0 Å². The Labute approximate surface area is 123 Å². The number of amides is 1. The molecule has 2 aromatic rings. The number of nitrogens with one attached hydrogen (secondary N) is 2. The number of hydrogen-bond acceptors (Lipinski definition) is 5. The molecule has 0 spiro atoms. The zero-order chi connectivity index (χ0) is 15.1. The van der Waals surface area contributed by atoms with Crippen molar-refractivity contribution in [3.8, 4) is 0 Å². The highest BCUT2D eigenvalue weighted by Gasteiger charge is 2.09. The maximum absolute atomic E-state index is 12.1. The molecule has 2 heterocycles. The van der Waals surface area contributed by atoms with Crippen LogP contribution < -0.4 is 10.6 Å². The summed E-state index contributed by atoms with van der Waals surface area (Å²) in [5, 5.41) is 13.8. The molecule has 0 saturated heterocycles. The van der Waals surface area contributed by atoms with Crippen LogP contribution in [0, 0.1) is 0 Å². The third kappa shape index (κ3) is 4.01. The van der Waals surface area contributed by atoms with E-state index in [-0.39, 0.29) is 5.91 Å². The number of carbonyl (C=O) groups is 1. The van der Waals surface area contributed by atoms with Crippen LogP contribution in [0.5, 0.6) is 0 Å². The number of carbonyl (C=O) groups excluding carboxylic acids is 1. The first kappa shape index (κ1) is 15.0. The fourth-order valence-corrected chi connectivity index (χ4v) is 1.86. The van der Waals surface area contributed by atoms with E-state index in [1.807, 2.05) is 11.5 Å². The van der Waals surface area contributed by atoms with Gasteiger partial charge >= 0.3 is 0 Å². The predicted molar refractivity (Wildman–Crippen MR) is 79.9 cm³/mol. The molecule has 7 nitrogen and oxygen atoms in total. The molecule has 21 heavy (non-hydrogen) atoms. The zero-order valence-electron chi connectivity index (χ0n) is 12.3. The lowest BCUT2D eigenvalue weighted by Gasteiger charge is -2.08. The second-order valence-corrected chi connectivity index (χ2v) is 4.57. The van der Waals surface area contributed by atoms with Crippen LogP contribution >= 0.6 is 0 Å². The van der Waals surface area contributed by atoms with Gasteiger partial charge in [0.25, 0.3) is 5.91 Å². The molecule has 0 saturated carbocycles. The first-order chi connectivity index (χ1) is 10.2. The third-order valence-electron chi connectivity index (χ3n) is 3.02. The summed E-state index contributed by atoms with van der Waals surface area (Å²) in [4.78, 5) is 16.3. The van der Waals surface area contributed by atoms with Crippen LogP contribution in [0.2, 0.25) is 0 Å². The van der Waals surface area contributed by atoms with Crippen LogP contribution in [0.4, 0.5) is 5.82 Å². The van der Waals surface area contributed by atoms with Crippen LogP contribution in [-0.4, -0.2) is 32.2 Å². The molecular formula is C14H20N6O. The molecule has 0 aliphatic rings. The molecule has 7 heteroatoms. The van der Waals surface area contributed by atoms with Crippen molar-refractivity contribution in [1.29, 1.82) is 0 Å². The number of aryl methyl sites for hydroxylation is 1. The van der Waals surface area contributed by atoms with E-state index in [0.29, 0.717) is 17.9 Å². The molecule has 2 N–H and O–H groups in total. The average Bonchev–Trinajstić information content (AvgIpc) is 2.98. The summed E-state index contributed by atoms with van der Waals surface area (Å²) in [5.74, 6) is 1.30. The van der Waals surface area contributed by atoms with Crippen molar-refractivity contribution in [1.82, 2.24) is 25.1 Å². The van der Waals surface area contributed by atoms with E-state index in [0.717, 1.165) is 25.3 Å². The lowest BCUT2D eigenvalue weighted by Crippen LogP contribution is -2.24. The minimum absolute atomic E-state index is 0.150. The Balaban J connectivity index is 1.97. The average molecular weight is 288 g/mol. The Morgan fingerprint density at radius 2 is 2.24 bits per heavy atom. The van der Waals surface area contributed by atoms with E-state index in [9.17, 15) is 4.79 Å². The van der Waals surface area contributed by atoms with Crippen LogP contribution in [0.25, 0.3) is 0 Å². The van der Waals surface area contributed by atoms with Crippen LogP contribution in [0.15, 0.2) is 24.7 Å². The van der Waals surface area contributed by atoms with Gasteiger partial charge in [-0.2, -0.15) is 0 Å². The zero-order valence-corrected chi connectivity index (χ0v) is 12.3. The van der Waals surface area contributed by atoms with Crippen LogP contribution in [-0.2, 0) is 13.1 Å². The molecule has 2 aromatic heterocycles. The summed E-state index contributed by atoms with van der Waals surface area (Å²) < 4.78 is 1.89. The van der Waals surface area contributed by atoms with Gasteiger partial charge in [0, 0.05) is 24.8 Å². The number of rotatable bonds is 7. The molecule has 0 fully saturated rings. The number of hydrogen-bond donors (Lipinski definition) is 2. The van der Waals surface area contributed by atoms with E-state index in [1.165, 1.54) is 0 Å². The van der Waals surface area contributed by atoms with Gasteiger partial charge in [-0.05, 0) is 25.5 Å². The maximum atomic E-state index is 12.1. The van der Waals surface area contributed by atoms with Gasteiger partial charge in [0.2, 0.25) is 0 Å². The minimum atomic E-state index is -0.150.